The van der Waals surface area contributed by atoms with Crippen LogP contribution < -0.4 is 5.32 Å². The number of hydrogen-bond donors (Lipinski definition) is 1. The zero-order chi connectivity index (χ0) is 13.5. The van der Waals surface area contributed by atoms with Gasteiger partial charge in [0, 0.05) is 38.2 Å². The van der Waals surface area contributed by atoms with Crippen LogP contribution >= 0.6 is 0 Å². The second-order valence-electron chi connectivity index (χ2n) is 4.60. The SMILES string of the molecule is CNCc1cn(CCN(C)Cc2ccncc2)nn1. The molecule has 2 aromatic heterocycles. The fourth-order valence-electron chi connectivity index (χ4n) is 1.86. The number of pyridine rings is 1. The maximum Gasteiger partial charge on any atom is 0.0964 e. The topological polar surface area (TPSA) is 58.9 Å². The largest absolute Gasteiger partial charge is 0.314 e. The molecule has 0 fully saturated rings. The standard InChI is InChI=1S/C13H20N6/c1-14-9-13-11-19(17-16-13)8-7-18(2)10-12-3-5-15-6-4-12/h3-6,11,14H,7-10H2,1-2H3. The Hall–Kier alpha value is -1.79. The molecule has 2 rings (SSSR count). The third kappa shape index (κ3) is 4.42. The van der Waals surface area contributed by atoms with Crippen molar-refractivity contribution >= 4 is 0 Å². The van der Waals surface area contributed by atoms with Crippen LogP contribution in [0.5, 0.6) is 0 Å². The molecule has 2 heterocycles. The molecule has 0 aliphatic carbocycles. The van der Waals surface area contributed by atoms with E-state index >= 15 is 0 Å². The number of rotatable bonds is 7. The Kier molecular flexibility index (Phi) is 5.00. The van der Waals surface area contributed by atoms with Crippen LogP contribution in [0.1, 0.15) is 11.3 Å². The van der Waals surface area contributed by atoms with E-state index in [0.29, 0.717) is 0 Å². The zero-order valence-corrected chi connectivity index (χ0v) is 11.5. The van der Waals surface area contributed by atoms with E-state index in [0.717, 1.165) is 31.9 Å². The van der Waals surface area contributed by atoms with Crippen molar-refractivity contribution < 1.29 is 0 Å². The van der Waals surface area contributed by atoms with Crippen LogP contribution in [0.3, 0.4) is 0 Å². The molecule has 0 aromatic carbocycles. The summed E-state index contributed by atoms with van der Waals surface area (Å²) in [6.45, 7) is 3.45. The molecule has 6 nitrogen and oxygen atoms in total. The van der Waals surface area contributed by atoms with E-state index in [4.69, 9.17) is 0 Å². The molecule has 0 radical (unpaired) electrons. The van der Waals surface area contributed by atoms with Crippen LogP contribution in [0, 0.1) is 0 Å². The van der Waals surface area contributed by atoms with Crippen LogP contribution in [0.2, 0.25) is 0 Å². The zero-order valence-electron chi connectivity index (χ0n) is 11.5. The Morgan fingerprint density at radius 1 is 1.32 bits per heavy atom. The summed E-state index contributed by atoms with van der Waals surface area (Å²) in [4.78, 5) is 6.28. The Morgan fingerprint density at radius 3 is 2.84 bits per heavy atom. The van der Waals surface area contributed by atoms with Crippen LogP contribution in [0.25, 0.3) is 0 Å². The summed E-state index contributed by atoms with van der Waals surface area (Å²) in [7, 11) is 4.01. The van der Waals surface area contributed by atoms with E-state index in [-0.39, 0.29) is 0 Å². The van der Waals surface area contributed by atoms with Gasteiger partial charge in [-0.1, -0.05) is 5.21 Å². The first-order valence-corrected chi connectivity index (χ1v) is 6.39. The Balaban J connectivity index is 1.78. The monoisotopic (exact) mass is 260 g/mol. The predicted octanol–water partition coefficient (Wildman–Crippen LogP) is 0.524. The predicted molar refractivity (Wildman–Crippen MR) is 73.4 cm³/mol. The Bertz CT molecular complexity index is 481. The second kappa shape index (κ2) is 6.96. The van der Waals surface area contributed by atoms with Crippen molar-refractivity contribution in [1.82, 2.24) is 30.2 Å². The van der Waals surface area contributed by atoms with Crippen molar-refractivity contribution in [2.75, 3.05) is 20.6 Å². The van der Waals surface area contributed by atoms with E-state index in [1.807, 2.05) is 42.5 Å². The quantitative estimate of drug-likeness (QED) is 0.786. The highest BCUT2D eigenvalue weighted by molar-refractivity contribution is 5.09. The van der Waals surface area contributed by atoms with Gasteiger partial charge >= 0.3 is 0 Å². The molecule has 0 spiro atoms. The van der Waals surface area contributed by atoms with Crippen LogP contribution in [0.15, 0.2) is 30.7 Å². The molecule has 6 heteroatoms. The van der Waals surface area contributed by atoms with Gasteiger partial charge in [0.2, 0.25) is 0 Å². The normalized spacial score (nSPS) is 11.1. The summed E-state index contributed by atoms with van der Waals surface area (Å²) in [5, 5.41) is 11.3. The lowest BCUT2D eigenvalue weighted by atomic mass is 10.2. The molecule has 0 atom stereocenters. The number of likely N-dealkylation sites (N-methyl/N-ethyl adjacent to an activating group) is 1. The minimum Gasteiger partial charge on any atom is -0.314 e. The number of aromatic nitrogens is 4. The average Bonchev–Trinajstić information content (AvgIpc) is 2.86. The summed E-state index contributed by atoms with van der Waals surface area (Å²) >= 11 is 0. The first-order chi connectivity index (χ1) is 9.28. The summed E-state index contributed by atoms with van der Waals surface area (Å²) < 4.78 is 1.88. The van der Waals surface area contributed by atoms with Gasteiger partial charge in [-0.25, -0.2) is 0 Å². The maximum atomic E-state index is 4.10. The van der Waals surface area contributed by atoms with Crippen LogP contribution in [0.4, 0.5) is 0 Å². The fourth-order valence-corrected chi connectivity index (χ4v) is 1.86. The lowest BCUT2D eigenvalue weighted by Gasteiger charge is -2.16. The molecule has 0 saturated carbocycles. The van der Waals surface area contributed by atoms with Gasteiger partial charge in [0.05, 0.1) is 12.2 Å². The highest BCUT2D eigenvalue weighted by Gasteiger charge is 2.03. The lowest BCUT2D eigenvalue weighted by Crippen LogP contribution is -2.23. The smallest absolute Gasteiger partial charge is 0.0964 e. The molecular formula is C13H20N6. The van der Waals surface area contributed by atoms with E-state index < -0.39 is 0 Å². The fraction of sp³-hybridized carbons (Fsp3) is 0.462. The minimum absolute atomic E-state index is 0.757. The lowest BCUT2D eigenvalue weighted by molar-refractivity contribution is 0.303. The van der Waals surface area contributed by atoms with Gasteiger partial charge in [-0.05, 0) is 31.8 Å². The molecule has 0 bridgehead atoms. The summed E-state index contributed by atoms with van der Waals surface area (Å²) in [6, 6.07) is 4.08. The molecule has 2 aromatic rings. The molecular weight excluding hydrogens is 240 g/mol. The molecule has 19 heavy (non-hydrogen) atoms. The number of nitrogens with zero attached hydrogens (tertiary/aromatic N) is 5. The third-order valence-electron chi connectivity index (χ3n) is 2.86. The first kappa shape index (κ1) is 13.6. The summed E-state index contributed by atoms with van der Waals surface area (Å²) in [6.07, 6.45) is 5.63. The van der Waals surface area contributed by atoms with Crippen molar-refractivity contribution in [2.45, 2.75) is 19.6 Å². The third-order valence-corrected chi connectivity index (χ3v) is 2.86. The molecule has 0 unspecified atom stereocenters. The highest BCUT2D eigenvalue weighted by atomic mass is 15.4. The van der Waals surface area contributed by atoms with Gasteiger partial charge in [0.25, 0.3) is 0 Å². The molecule has 0 aliphatic rings. The highest BCUT2D eigenvalue weighted by Crippen LogP contribution is 2.01. The van der Waals surface area contributed by atoms with Crippen molar-refractivity contribution in [3.63, 3.8) is 0 Å². The second-order valence-corrected chi connectivity index (χ2v) is 4.60. The summed E-state index contributed by atoms with van der Waals surface area (Å²) in [5.74, 6) is 0. The number of nitrogens with one attached hydrogen (secondary N) is 1. The van der Waals surface area contributed by atoms with Gasteiger partial charge < -0.3 is 10.2 Å². The van der Waals surface area contributed by atoms with Crippen molar-refractivity contribution in [2.24, 2.45) is 0 Å². The average molecular weight is 260 g/mol. The van der Waals surface area contributed by atoms with Crippen molar-refractivity contribution in [1.29, 1.82) is 0 Å². The van der Waals surface area contributed by atoms with Gasteiger partial charge in [0.15, 0.2) is 0 Å². The molecule has 1 N–H and O–H groups in total. The summed E-state index contributed by atoms with van der Waals surface area (Å²) in [5.41, 5.74) is 2.24. The van der Waals surface area contributed by atoms with E-state index in [1.165, 1.54) is 5.56 Å². The molecule has 0 amide bonds. The number of hydrogen-bond acceptors (Lipinski definition) is 5. The first-order valence-electron chi connectivity index (χ1n) is 6.39. The van der Waals surface area contributed by atoms with Gasteiger partial charge in [-0.3, -0.25) is 9.67 Å². The van der Waals surface area contributed by atoms with Crippen LogP contribution in [-0.2, 0) is 19.6 Å². The van der Waals surface area contributed by atoms with Gasteiger partial charge in [-0.2, -0.15) is 0 Å². The van der Waals surface area contributed by atoms with Gasteiger partial charge in [0.1, 0.15) is 0 Å². The van der Waals surface area contributed by atoms with E-state index in [2.05, 4.69) is 32.6 Å². The molecule has 0 aliphatic heterocycles. The van der Waals surface area contributed by atoms with Gasteiger partial charge in [-0.15, -0.1) is 5.10 Å². The van der Waals surface area contributed by atoms with Crippen LogP contribution in [-0.4, -0.2) is 45.5 Å². The Morgan fingerprint density at radius 2 is 2.11 bits per heavy atom. The Labute approximate surface area is 113 Å². The minimum atomic E-state index is 0.757. The molecule has 0 saturated heterocycles. The van der Waals surface area contributed by atoms with E-state index in [1.54, 1.807) is 0 Å². The van der Waals surface area contributed by atoms with Crippen molar-refractivity contribution in [3.05, 3.63) is 42.0 Å². The molecule has 102 valence electrons. The van der Waals surface area contributed by atoms with Crippen molar-refractivity contribution in [3.8, 4) is 0 Å². The maximum absolute atomic E-state index is 4.10. The van der Waals surface area contributed by atoms with E-state index in [9.17, 15) is 0 Å².